The molecule has 1 nitrogen and oxygen atoms in total. The molecule has 5 heteroatoms. The van der Waals surface area contributed by atoms with E-state index >= 15 is 0 Å². The Labute approximate surface area is 96.9 Å². The summed E-state index contributed by atoms with van der Waals surface area (Å²) in [7, 11) is -1.64. The van der Waals surface area contributed by atoms with Gasteiger partial charge in [-0.05, 0) is 40.0 Å². The van der Waals surface area contributed by atoms with Crippen LogP contribution in [0.1, 0.15) is 0 Å². The van der Waals surface area contributed by atoms with Gasteiger partial charge >= 0.3 is 0 Å². The molecule has 0 N–H and O–H groups in total. The Morgan fingerprint density at radius 2 is 0.857 bits per heavy atom. The van der Waals surface area contributed by atoms with Crippen molar-refractivity contribution in [3.63, 3.8) is 0 Å². The molecule has 0 bridgehead atoms. The van der Waals surface area contributed by atoms with Crippen molar-refractivity contribution in [1.29, 1.82) is 0 Å². The van der Waals surface area contributed by atoms with Gasteiger partial charge in [0.25, 0.3) is 0 Å². The lowest BCUT2D eigenvalue weighted by molar-refractivity contribution is 0.586. The Morgan fingerprint density at radius 1 is 0.857 bits per heavy atom. The molecule has 0 aliphatic rings. The Balaban J connectivity index is -0.000000131. The molecule has 0 aromatic heterocycles. The summed E-state index contributed by atoms with van der Waals surface area (Å²) in [4.78, 5) is 0. The number of hydrogen-bond donors (Lipinski definition) is 0. The predicted octanol–water partition coefficient (Wildman–Crippen LogP) is 3.96. The fourth-order valence-electron chi connectivity index (χ4n) is 0. The maximum Gasteiger partial charge on any atom is 0.130 e. The molecule has 88 valence electrons. The van der Waals surface area contributed by atoms with Gasteiger partial charge in [-0.15, -0.1) is 0 Å². The lowest BCUT2D eigenvalue weighted by atomic mass is 9.58. The average molecular weight is 256 g/mol. The van der Waals surface area contributed by atoms with Gasteiger partial charge in [0.1, 0.15) is 6.71 Å². The third-order valence-corrected chi connectivity index (χ3v) is 0. The highest BCUT2D eigenvalue weighted by atomic mass is 32.4. The molecule has 0 spiro atoms. The van der Waals surface area contributed by atoms with E-state index in [4.69, 9.17) is 11.8 Å². The van der Waals surface area contributed by atoms with Gasteiger partial charge in [-0.3, -0.25) is 0 Å². The van der Waals surface area contributed by atoms with E-state index in [1.807, 2.05) is 0 Å². The molecule has 0 fully saturated rings. The van der Waals surface area contributed by atoms with Crippen molar-refractivity contribution in [2.24, 2.45) is 0 Å². The molecule has 0 unspecified atom stereocenters. The lowest BCUT2D eigenvalue weighted by Gasteiger charge is -1.92. The largest absolute Gasteiger partial charge is 0.324 e. The van der Waals surface area contributed by atoms with Gasteiger partial charge < -0.3 is 4.57 Å². The minimum atomic E-state index is -1.64. The summed E-state index contributed by atoms with van der Waals surface area (Å²) < 4.78 is 10.2. The summed E-state index contributed by atoms with van der Waals surface area (Å²) >= 11 is 4.94. The Morgan fingerprint density at radius 3 is 0.857 bits per heavy atom. The molecule has 0 aliphatic heterocycles. The normalized spacial score (nSPS) is 10.4. The van der Waals surface area contributed by atoms with E-state index in [1.165, 1.54) is 0 Å². The van der Waals surface area contributed by atoms with Crippen molar-refractivity contribution in [3.8, 4) is 0 Å². The zero-order valence-electron chi connectivity index (χ0n) is 11.3. The number of hydrogen-bond acceptors (Lipinski definition) is 2. The quantitative estimate of drug-likeness (QED) is 0.482. The second-order valence-corrected chi connectivity index (χ2v) is 16.4. The van der Waals surface area contributed by atoms with Gasteiger partial charge in [0.2, 0.25) is 0 Å². The van der Waals surface area contributed by atoms with Crippen LogP contribution in [0, 0.1) is 0 Å². The van der Waals surface area contributed by atoms with E-state index in [0.29, 0.717) is 0 Å². The zero-order valence-corrected chi connectivity index (χ0v) is 13.9. The van der Waals surface area contributed by atoms with Crippen LogP contribution in [0.15, 0.2) is 0 Å². The van der Waals surface area contributed by atoms with Gasteiger partial charge in [0.15, 0.2) is 0 Å². The predicted molar refractivity (Wildman–Crippen MR) is 80.8 cm³/mol. The molecule has 0 saturated carbocycles. The van der Waals surface area contributed by atoms with Crippen LogP contribution in [0.25, 0.3) is 0 Å². The highest BCUT2D eigenvalue weighted by Gasteiger charge is 1.89. The Kier molecular flexibility index (Phi) is 13.4. The maximum absolute atomic E-state index is 10.2. The first-order valence-electron chi connectivity index (χ1n) is 4.78. The van der Waals surface area contributed by atoms with E-state index in [-0.39, 0.29) is 0 Å². The topological polar surface area (TPSA) is 17.1 Å². The van der Waals surface area contributed by atoms with Crippen LogP contribution in [-0.2, 0) is 16.4 Å². The summed E-state index contributed by atoms with van der Waals surface area (Å²) in [5, 5.41) is 0. The molecule has 0 aromatic rings. The summed E-state index contributed by atoms with van der Waals surface area (Å²) in [6.45, 7) is 18.9. The SMILES string of the molecule is CB(C)C.CP(C)(C)=O.CP(C)(C)=S. The fourth-order valence-corrected chi connectivity index (χ4v) is 0. The Hall–Kier alpha value is 0.945. The van der Waals surface area contributed by atoms with Gasteiger partial charge in [-0.1, -0.05) is 38.3 Å². The third kappa shape index (κ3) is 2070. The van der Waals surface area contributed by atoms with Crippen LogP contribution in [0.5, 0.6) is 0 Å². The molecule has 14 heavy (non-hydrogen) atoms. The van der Waals surface area contributed by atoms with Crippen molar-refractivity contribution in [3.05, 3.63) is 0 Å². The number of rotatable bonds is 0. The first-order chi connectivity index (χ1) is 5.73. The third-order valence-electron chi connectivity index (χ3n) is 0. The summed E-state index contributed by atoms with van der Waals surface area (Å²) in [6.07, 6.45) is 0. The molecule has 0 amide bonds. The zero-order chi connectivity index (χ0) is 12.6. The Bertz CT molecular complexity index is 166. The van der Waals surface area contributed by atoms with E-state index in [2.05, 4.69) is 40.5 Å². The molecule has 0 aliphatic carbocycles. The molecule has 0 atom stereocenters. The lowest BCUT2D eigenvalue weighted by Crippen LogP contribution is -1.84. The summed E-state index contributed by atoms with van der Waals surface area (Å²) in [5.74, 6) is 0. The van der Waals surface area contributed by atoms with Gasteiger partial charge in [0, 0.05) is 0 Å². The molecule has 0 rings (SSSR count). The fraction of sp³-hybridized carbons (Fsp3) is 1.00. The highest BCUT2D eigenvalue weighted by molar-refractivity contribution is 8.13. The molecule has 0 heterocycles. The van der Waals surface area contributed by atoms with E-state index < -0.39 is 13.2 Å². The van der Waals surface area contributed by atoms with Crippen LogP contribution in [0.3, 0.4) is 0 Å². The van der Waals surface area contributed by atoms with Crippen molar-refractivity contribution in [1.82, 2.24) is 0 Å². The van der Waals surface area contributed by atoms with Gasteiger partial charge in [0.05, 0.1) is 7.14 Å². The molecular weight excluding hydrogens is 229 g/mol. The van der Waals surface area contributed by atoms with E-state index in [1.54, 1.807) is 20.0 Å². The summed E-state index contributed by atoms with van der Waals surface area (Å²) in [6, 6.07) is -0.806. The van der Waals surface area contributed by atoms with E-state index in [0.717, 1.165) is 6.71 Å². The van der Waals surface area contributed by atoms with Crippen molar-refractivity contribution in [2.75, 3.05) is 40.0 Å². The van der Waals surface area contributed by atoms with Crippen LogP contribution < -0.4 is 0 Å². The van der Waals surface area contributed by atoms with Crippen molar-refractivity contribution < 1.29 is 4.57 Å². The standard InChI is InChI=1S/C3H9B.C3H9OP.C3H9PS/c1-4(2)3;1-5(2,3)4;1-4(2,3)5/h1-3H3;2*1-3H3. The molecule has 0 radical (unpaired) electrons. The maximum atomic E-state index is 10.2. The van der Waals surface area contributed by atoms with Crippen LogP contribution >= 0.6 is 13.2 Å². The smallest absolute Gasteiger partial charge is 0.130 e. The highest BCUT2D eigenvalue weighted by Crippen LogP contribution is 2.29. The van der Waals surface area contributed by atoms with Crippen LogP contribution in [0.2, 0.25) is 20.5 Å². The van der Waals surface area contributed by atoms with Crippen molar-refractivity contribution >= 4 is 31.7 Å². The minimum absolute atomic E-state index is 0.806. The van der Waals surface area contributed by atoms with Gasteiger partial charge in [-0.25, -0.2) is 0 Å². The molecular formula is C9H27BOP2S. The van der Waals surface area contributed by atoms with Crippen LogP contribution in [-0.4, -0.2) is 46.7 Å². The second-order valence-electron chi connectivity index (χ2n) is 5.51. The first-order valence-corrected chi connectivity index (χ1v) is 12.0. The van der Waals surface area contributed by atoms with Crippen LogP contribution in [0.4, 0.5) is 0 Å². The monoisotopic (exact) mass is 256 g/mol. The minimum Gasteiger partial charge on any atom is -0.324 e. The molecule has 0 saturated heterocycles. The molecule has 0 aromatic carbocycles. The second kappa shape index (κ2) is 9.19. The average Bonchev–Trinajstić information content (AvgIpc) is 1.45. The summed E-state index contributed by atoms with van der Waals surface area (Å²) in [5.41, 5.74) is 0. The van der Waals surface area contributed by atoms with Crippen molar-refractivity contribution in [2.45, 2.75) is 20.5 Å². The van der Waals surface area contributed by atoms with Gasteiger partial charge in [-0.2, -0.15) is 0 Å². The van der Waals surface area contributed by atoms with E-state index in [9.17, 15) is 4.57 Å². The first kappa shape index (κ1) is 20.4.